The third kappa shape index (κ3) is 4.37. The van der Waals surface area contributed by atoms with Crippen LogP contribution in [0.1, 0.15) is 0 Å². The van der Waals surface area contributed by atoms with Gasteiger partial charge in [0.2, 0.25) is 0 Å². The average molecular weight is 689 g/mol. The van der Waals surface area contributed by atoms with E-state index in [2.05, 4.69) is 127 Å². The molecule has 0 nitrogen and oxygen atoms in total. The first-order valence-corrected chi connectivity index (χ1v) is 9.18. The SMILES string of the molecule is BrC(Br)C(Br)C(Br)(Br)C(Br)(Br)Br. The van der Waals surface area contributed by atoms with Gasteiger partial charge in [-0.15, -0.1) is 0 Å². The molecule has 0 spiro atoms. The van der Waals surface area contributed by atoms with Crippen molar-refractivity contribution in [3.05, 3.63) is 0 Å². The fraction of sp³-hybridized carbons (Fsp3) is 1.00. The summed E-state index contributed by atoms with van der Waals surface area (Å²) in [5, 5.41) is 0. The van der Waals surface area contributed by atoms with Gasteiger partial charge in [-0.25, -0.2) is 0 Å². The molecule has 0 amide bonds. The van der Waals surface area contributed by atoms with Crippen LogP contribution in [0.3, 0.4) is 0 Å². The molecule has 0 aliphatic rings. The van der Waals surface area contributed by atoms with Crippen LogP contribution in [-0.2, 0) is 0 Å². The van der Waals surface area contributed by atoms with Crippen molar-refractivity contribution in [2.24, 2.45) is 0 Å². The van der Waals surface area contributed by atoms with E-state index in [1.165, 1.54) is 0 Å². The minimum absolute atomic E-state index is 0.114. The molecule has 0 saturated carbocycles. The Balaban J connectivity index is 4.61. The van der Waals surface area contributed by atoms with Crippen LogP contribution >= 0.6 is 127 Å². The number of hydrogen-bond acceptors (Lipinski definition) is 0. The van der Waals surface area contributed by atoms with Gasteiger partial charge in [-0.3, -0.25) is 0 Å². The zero-order valence-electron chi connectivity index (χ0n) is 5.18. The molecular formula is C4H2Br8. The largest absolute Gasteiger partial charge is 0.161 e. The lowest BCUT2D eigenvalue weighted by Gasteiger charge is -2.34. The molecule has 0 aliphatic heterocycles. The molecule has 0 N–H and O–H groups in total. The van der Waals surface area contributed by atoms with Crippen molar-refractivity contribution in [2.75, 3.05) is 0 Å². The predicted molar refractivity (Wildman–Crippen MR) is 84.5 cm³/mol. The average Bonchev–Trinajstić information content (AvgIpc) is 1.83. The van der Waals surface area contributed by atoms with Crippen molar-refractivity contribution >= 4 is 127 Å². The van der Waals surface area contributed by atoms with E-state index in [9.17, 15) is 0 Å². The van der Waals surface area contributed by atoms with Crippen LogP contribution in [0.15, 0.2) is 0 Å². The van der Waals surface area contributed by atoms with E-state index in [1.54, 1.807) is 0 Å². The number of hydrogen-bond donors (Lipinski definition) is 0. The van der Waals surface area contributed by atoms with Gasteiger partial charge in [0.15, 0.2) is 2.14 Å². The van der Waals surface area contributed by atoms with E-state index in [-0.39, 0.29) is 11.8 Å². The van der Waals surface area contributed by atoms with Crippen LogP contribution in [-0.4, -0.2) is 13.9 Å². The third-order valence-corrected chi connectivity index (χ3v) is 13.1. The van der Waals surface area contributed by atoms with Crippen LogP contribution in [0.25, 0.3) is 0 Å². The molecule has 8 heteroatoms. The normalized spacial score (nSPS) is 16.8. The Morgan fingerprint density at radius 1 is 0.750 bits per heavy atom. The highest BCUT2D eigenvalue weighted by Gasteiger charge is 2.49. The minimum Gasteiger partial charge on any atom is -0.0843 e. The Hall–Kier alpha value is 3.84. The Labute approximate surface area is 139 Å². The molecule has 1 atom stereocenters. The standard InChI is InChI=1S/C4H2Br8/c5-1(2(6)7)3(8,9)4(10,11)12/h1-2H. The zero-order valence-corrected chi connectivity index (χ0v) is 17.9. The Morgan fingerprint density at radius 3 is 1.17 bits per heavy atom. The molecular weight excluding hydrogens is 687 g/mol. The van der Waals surface area contributed by atoms with Gasteiger partial charge >= 0.3 is 0 Å². The molecule has 1 unspecified atom stereocenters. The van der Waals surface area contributed by atoms with Crippen molar-refractivity contribution in [3.63, 3.8) is 0 Å². The summed E-state index contributed by atoms with van der Waals surface area (Å²) in [7, 11) is 0. The minimum atomic E-state index is -0.437. The zero-order chi connectivity index (χ0) is 10.2. The maximum Gasteiger partial charge on any atom is 0.161 e. The van der Waals surface area contributed by atoms with Gasteiger partial charge in [0.1, 0.15) is 3.23 Å². The highest BCUT2D eigenvalue weighted by molar-refractivity contribution is 9.41. The molecule has 0 bridgehead atoms. The molecule has 74 valence electrons. The molecule has 0 heterocycles. The predicted octanol–water partition coefficient (Wildman–Crippen LogP) is 6.19. The molecule has 0 aromatic carbocycles. The maximum absolute atomic E-state index is 3.54. The topological polar surface area (TPSA) is 0 Å². The van der Waals surface area contributed by atoms with Gasteiger partial charge in [0.05, 0.1) is 8.56 Å². The van der Waals surface area contributed by atoms with Crippen LogP contribution in [0.4, 0.5) is 0 Å². The first-order valence-electron chi connectivity index (χ1n) is 2.47. The van der Waals surface area contributed by atoms with Crippen molar-refractivity contribution in [1.82, 2.24) is 0 Å². The Kier molecular flexibility index (Phi) is 7.87. The molecule has 12 heavy (non-hydrogen) atoms. The summed E-state index contributed by atoms with van der Waals surface area (Å²) in [6.45, 7) is 0. The van der Waals surface area contributed by atoms with E-state index in [1.807, 2.05) is 0 Å². The van der Waals surface area contributed by atoms with E-state index >= 15 is 0 Å². The van der Waals surface area contributed by atoms with E-state index in [0.717, 1.165) is 0 Å². The van der Waals surface area contributed by atoms with E-state index < -0.39 is 2.14 Å². The Morgan fingerprint density at radius 2 is 1.08 bits per heavy atom. The molecule has 0 radical (unpaired) electrons. The fourth-order valence-electron chi connectivity index (χ4n) is 0.315. The van der Waals surface area contributed by atoms with Gasteiger partial charge in [-0.05, 0) is 0 Å². The van der Waals surface area contributed by atoms with Crippen molar-refractivity contribution in [2.45, 2.75) is 13.9 Å². The summed E-state index contributed by atoms with van der Waals surface area (Å²) in [4.78, 5) is 0.114. The first kappa shape index (κ1) is 15.8. The maximum atomic E-state index is 3.54. The molecule has 0 fully saturated rings. The lowest BCUT2D eigenvalue weighted by atomic mass is 10.4. The van der Waals surface area contributed by atoms with Gasteiger partial charge in [0, 0.05) is 0 Å². The van der Waals surface area contributed by atoms with Crippen LogP contribution in [0.5, 0.6) is 0 Å². The quantitative estimate of drug-likeness (QED) is 0.304. The molecule has 0 aromatic heterocycles. The third-order valence-electron chi connectivity index (χ3n) is 0.946. The van der Waals surface area contributed by atoms with Gasteiger partial charge < -0.3 is 0 Å². The van der Waals surface area contributed by atoms with Crippen molar-refractivity contribution in [1.29, 1.82) is 0 Å². The van der Waals surface area contributed by atoms with Crippen LogP contribution in [0.2, 0.25) is 0 Å². The lowest BCUT2D eigenvalue weighted by molar-refractivity contribution is 0.888. The smallest absolute Gasteiger partial charge is 0.0843 e. The summed E-state index contributed by atoms with van der Waals surface area (Å²) < 4.78 is -0.686. The summed E-state index contributed by atoms with van der Waals surface area (Å²) in [5.74, 6) is 0. The van der Waals surface area contributed by atoms with E-state index in [4.69, 9.17) is 0 Å². The highest BCUT2D eigenvalue weighted by atomic mass is 80.0. The van der Waals surface area contributed by atoms with Gasteiger partial charge in [-0.2, -0.15) is 0 Å². The monoisotopic (exact) mass is 681 g/mol. The molecule has 0 rings (SSSR count). The lowest BCUT2D eigenvalue weighted by Crippen LogP contribution is -2.40. The molecule has 0 aliphatic carbocycles. The molecule has 0 aromatic rings. The van der Waals surface area contributed by atoms with Crippen LogP contribution < -0.4 is 0 Å². The second kappa shape index (κ2) is 5.96. The second-order valence-electron chi connectivity index (χ2n) is 1.86. The number of rotatable bonds is 2. The second-order valence-corrected chi connectivity index (χ2v) is 16.4. The summed E-state index contributed by atoms with van der Waals surface area (Å²) in [5.41, 5.74) is 0. The van der Waals surface area contributed by atoms with Crippen LogP contribution in [0, 0.1) is 0 Å². The highest BCUT2D eigenvalue weighted by Crippen LogP contribution is 2.57. The Bertz CT molecular complexity index is 146. The van der Waals surface area contributed by atoms with Crippen molar-refractivity contribution in [3.8, 4) is 0 Å². The summed E-state index contributed by atoms with van der Waals surface area (Å²) >= 11 is 27.7. The first-order chi connectivity index (χ1) is 5.10. The van der Waals surface area contributed by atoms with E-state index in [0.29, 0.717) is 0 Å². The molecule has 0 saturated heterocycles. The number of halogens is 8. The van der Waals surface area contributed by atoms with Crippen molar-refractivity contribution < 1.29 is 0 Å². The van der Waals surface area contributed by atoms with Gasteiger partial charge in [-0.1, -0.05) is 127 Å². The summed E-state index contributed by atoms with van der Waals surface area (Å²) in [6, 6.07) is 0. The fourth-order valence-corrected chi connectivity index (χ4v) is 5.06. The van der Waals surface area contributed by atoms with Gasteiger partial charge in [0.25, 0.3) is 0 Å². The summed E-state index contributed by atoms with van der Waals surface area (Å²) in [6.07, 6.45) is 0. The number of alkyl halides is 8.